The van der Waals surface area contributed by atoms with E-state index in [-0.39, 0.29) is 35.7 Å². The lowest BCUT2D eigenvalue weighted by Gasteiger charge is -2.13. The first-order chi connectivity index (χ1) is 15.3. The lowest BCUT2D eigenvalue weighted by atomic mass is 9.98. The number of phenols is 2. The van der Waals surface area contributed by atoms with Crippen LogP contribution in [0, 0.1) is 0 Å². The van der Waals surface area contributed by atoms with Crippen molar-refractivity contribution in [3.05, 3.63) is 58.0 Å². The fourth-order valence-corrected chi connectivity index (χ4v) is 3.22. The minimum absolute atomic E-state index is 0.0105. The molecule has 0 bridgehead atoms. The van der Waals surface area contributed by atoms with E-state index in [0.717, 1.165) is 5.56 Å². The third-order valence-corrected chi connectivity index (χ3v) is 4.90. The lowest BCUT2D eigenvalue weighted by molar-refractivity contribution is -0.119. The Morgan fingerprint density at radius 2 is 1.94 bits per heavy atom. The summed E-state index contributed by atoms with van der Waals surface area (Å²) in [5.74, 6) is -0.193. The third-order valence-electron chi connectivity index (χ3n) is 4.90. The molecule has 0 fully saturated rings. The molecule has 0 atom stereocenters. The van der Waals surface area contributed by atoms with Crippen LogP contribution in [0.15, 0.2) is 41.2 Å². The summed E-state index contributed by atoms with van der Waals surface area (Å²) < 4.78 is 6.88. The number of amides is 1. The van der Waals surface area contributed by atoms with Crippen LogP contribution in [0.3, 0.4) is 0 Å². The van der Waals surface area contributed by atoms with Crippen LogP contribution < -0.4 is 16.7 Å². The average molecular weight is 441 g/mol. The van der Waals surface area contributed by atoms with Gasteiger partial charge in [0.1, 0.15) is 11.5 Å². The van der Waals surface area contributed by atoms with Gasteiger partial charge in [-0.1, -0.05) is 26.0 Å². The molecule has 1 aromatic heterocycles. The minimum atomic E-state index is -0.460. The van der Waals surface area contributed by atoms with Crippen molar-refractivity contribution in [3.8, 4) is 28.6 Å². The summed E-state index contributed by atoms with van der Waals surface area (Å²) >= 11 is 0. The number of carbonyl (C=O) groups is 1. The molecule has 2 aromatic carbocycles. The molecule has 0 unspecified atom stereocenters. The number of aromatic amines is 1. The molecule has 170 valence electrons. The number of aromatic nitrogens is 3. The van der Waals surface area contributed by atoms with Crippen molar-refractivity contribution >= 4 is 5.91 Å². The molecule has 0 saturated heterocycles. The molecule has 6 N–H and O–H groups in total. The van der Waals surface area contributed by atoms with Gasteiger partial charge in [0.05, 0.1) is 31.0 Å². The molecule has 1 amide bonds. The number of nitrogens with zero attached hydrogens (tertiary/aromatic N) is 2. The van der Waals surface area contributed by atoms with Gasteiger partial charge in [-0.2, -0.15) is 5.10 Å². The van der Waals surface area contributed by atoms with Gasteiger partial charge in [0.2, 0.25) is 5.91 Å². The Labute approximate surface area is 184 Å². The highest BCUT2D eigenvalue weighted by molar-refractivity contribution is 5.77. The Balaban J connectivity index is 1.79. The monoisotopic (exact) mass is 441 g/mol. The van der Waals surface area contributed by atoms with Crippen LogP contribution in [0.25, 0.3) is 17.1 Å². The zero-order valence-corrected chi connectivity index (χ0v) is 18.0. The van der Waals surface area contributed by atoms with Crippen molar-refractivity contribution in [2.75, 3.05) is 19.7 Å². The SMILES string of the molecule is CC(C)c1cc(-c2n[nH]c(=O)n2-c2ccc(COCCNC(=O)CN)cc2)c(O)cc1O. The van der Waals surface area contributed by atoms with E-state index < -0.39 is 5.69 Å². The molecular formula is C22H27N5O5. The first kappa shape index (κ1) is 23.0. The number of carbonyl (C=O) groups excluding carboxylic acids is 1. The summed E-state index contributed by atoms with van der Waals surface area (Å²) in [6, 6.07) is 10.0. The zero-order chi connectivity index (χ0) is 23.3. The summed E-state index contributed by atoms with van der Waals surface area (Å²) in [7, 11) is 0. The van der Waals surface area contributed by atoms with Crippen LogP contribution in [0.2, 0.25) is 0 Å². The molecule has 0 saturated carbocycles. The average Bonchev–Trinajstić information content (AvgIpc) is 3.14. The number of nitrogens with one attached hydrogen (secondary N) is 2. The zero-order valence-electron chi connectivity index (χ0n) is 18.0. The normalized spacial score (nSPS) is 11.1. The molecule has 1 heterocycles. The fourth-order valence-electron chi connectivity index (χ4n) is 3.22. The number of hydrogen-bond acceptors (Lipinski definition) is 7. The number of hydrogen-bond donors (Lipinski definition) is 5. The first-order valence-corrected chi connectivity index (χ1v) is 10.2. The fraction of sp³-hybridized carbons (Fsp3) is 0.318. The highest BCUT2D eigenvalue weighted by Gasteiger charge is 2.19. The molecule has 10 heteroatoms. The lowest BCUT2D eigenvalue weighted by Crippen LogP contribution is -2.32. The first-order valence-electron chi connectivity index (χ1n) is 10.2. The topological polar surface area (TPSA) is 155 Å². The van der Waals surface area contributed by atoms with Gasteiger partial charge in [0, 0.05) is 12.6 Å². The van der Waals surface area contributed by atoms with E-state index in [1.807, 2.05) is 26.0 Å². The van der Waals surface area contributed by atoms with E-state index >= 15 is 0 Å². The predicted molar refractivity (Wildman–Crippen MR) is 119 cm³/mol. The molecular weight excluding hydrogens is 414 g/mol. The highest BCUT2D eigenvalue weighted by atomic mass is 16.5. The van der Waals surface area contributed by atoms with E-state index in [9.17, 15) is 19.8 Å². The molecule has 0 spiro atoms. The highest BCUT2D eigenvalue weighted by Crippen LogP contribution is 2.37. The number of nitrogens with two attached hydrogens (primary N) is 1. The molecule has 0 aliphatic carbocycles. The largest absolute Gasteiger partial charge is 0.508 e. The van der Waals surface area contributed by atoms with Crippen molar-refractivity contribution < 1.29 is 19.7 Å². The van der Waals surface area contributed by atoms with Crippen molar-refractivity contribution in [1.29, 1.82) is 0 Å². The van der Waals surface area contributed by atoms with Gasteiger partial charge < -0.3 is 26.0 Å². The summed E-state index contributed by atoms with van der Waals surface area (Å²) in [6.45, 7) is 4.83. The molecule has 0 radical (unpaired) electrons. The van der Waals surface area contributed by atoms with Crippen LogP contribution in [0.4, 0.5) is 0 Å². The molecule has 32 heavy (non-hydrogen) atoms. The predicted octanol–water partition coefficient (Wildman–Crippen LogP) is 1.35. The summed E-state index contributed by atoms with van der Waals surface area (Å²) in [6.07, 6.45) is 0. The van der Waals surface area contributed by atoms with Crippen LogP contribution >= 0.6 is 0 Å². The Morgan fingerprint density at radius 1 is 1.22 bits per heavy atom. The second-order valence-corrected chi connectivity index (χ2v) is 7.54. The maximum atomic E-state index is 12.5. The second kappa shape index (κ2) is 10.1. The minimum Gasteiger partial charge on any atom is -0.508 e. The quantitative estimate of drug-likeness (QED) is 0.314. The number of H-pyrrole nitrogens is 1. The van der Waals surface area contributed by atoms with Gasteiger partial charge in [-0.25, -0.2) is 14.5 Å². The van der Waals surface area contributed by atoms with Crippen molar-refractivity contribution in [2.24, 2.45) is 5.73 Å². The maximum Gasteiger partial charge on any atom is 0.348 e. The Kier molecular flexibility index (Phi) is 7.29. The van der Waals surface area contributed by atoms with E-state index in [1.165, 1.54) is 10.6 Å². The number of rotatable bonds is 9. The molecule has 3 aromatic rings. The van der Waals surface area contributed by atoms with E-state index in [1.54, 1.807) is 18.2 Å². The summed E-state index contributed by atoms with van der Waals surface area (Å²) in [5, 5.41) is 29.6. The molecule has 0 aliphatic rings. The van der Waals surface area contributed by atoms with Gasteiger partial charge in [-0.15, -0.1) is 0 Å². The Bertz CT molecular complexity index is 1130. The molecule has 3 rings (SSSR count). The van der Waals surface area contributed by atoms with E-state index in [2.05, 4.69) is 15.5 Å². The van der Waals surface area contributed by atoms with Crippen LogP contribution in [-0.2, 0) is 16.1 Å². The van der Waals surface area contributed by atoms with Crippen LogP contribution in [0.5, 0.6) is 11.5 Å². The Hall–Kier alpha value is -3.63. The third kappa shape index (κ3) is 5.16. The maximum absolute atomic E-state index is 12.5. The van der Waals surface area contributed by atoms with Crippen molar-refractivity contribution in [2.45, 2.75) is 26.4 Å². The molecule has 10 nitrogen and oxygen atoms in total. The number of benzene rings is 2. The van der Waals surface area contributed by atoms with Gasteiger partial charge >= 0.3 is 5.69 Å². The second-order valence-electron chi connectivity index (χ2n) is 7.54. The van der Waals surface area contributed by atoms with Crippen molar-refractivity contribution in [3.63, 3.8) is 0 Å². The Morgan fingerprint density at radius 3 is 2.59 bits per heavy atom. The van der Waals surface area contributed by atoms with E-state index in [4.69, 9.17) is 10.5 Å². The van der Waals surface area contributed by atoms with Crippen LogP contribution in [0.1, 0.15) is 30.9 Å². The number of ether oxygens (including phenoxy) is 1. The smallest absolute Gasteiger partial charge is 0.348 e. The van der Waals surface area contributed by atoms with Gasteiger partial charge in [0.25, 0.3) is 0 Å². The molecule has 0 aliphatic heterocycles. The number of phenolic OH excluding ortho intramolecular Hbond substituents is 2. The van der Waals surface area contributed by atoms with Crippen LogP contribution in [-0.4, -0.2) is 50.6 Å². The standard InChI is InChI=1S/C22H27N5O5/c1-13(2)16-9-17(19(29)10-18(16)28)21-25-26-22(31)27(21)15-5-3-14(4-6-15)12-32-8-7-24-20(30)11-23/h3-6,9-10,13,28-29H,7-8,11-12,23H2,1-2H3,(H,24,30)(H,26,31). The van der Waals surface area contributed by atoms with E-state index in [0.29, 0.717) is 36.6 Å². The summed E-state index contributed by atoms with van der Waals surface area (Å²) in [4.78, 5) is 23.6. The van der Waals surface area contributed by atoms with Gasteiger partial charge in [0.15, 0.2) is 5.82 Å². The number of aromatic hydroxyl groups is 2. The van der Waals surface area contributed by atoms with Gasteiger partial charge in [-0.05, 0) is 35.2 Å². The van der Waals surface area contributed by atoms with Crippen molar-refractivity contribution in [1.82, 2.24) is 20.1 Å². The van der Waals surface area contributed by atoms with Gasteiger partial charge in [-0.3, -0.25) is 4.79 Å². The summed E-state index contributed by atoms with van der Waals surface area (Å²) in [5.41, 5.74) is 7.15.